The molecule has 0 N–H and O–H groups in total. The van der Waals surface area contributed by atoms with E-state index in [4.69, 9.17) is 23.2 Å². The smallest absolute Gasteiger partial charge is 0.147 e. The zero-order chi connectivity index (χ0) is 8.27. The molecule has 0 spiro atoms. The molecule has 0 unspecified atom stereocenters. The minimum absolute atomic E-state index is 0.366. The van der Waals surface area contributed by atoms with E-state index in [1.54, 1.807) is 6.20 Å². The van der Waals surface area contributed by atoms with Crippen LogP contribution in [0.4, 0.5) is 0 Å². The average Bonchev–Trinajstić information content (AvgIpc) is 1.98. The van der Waals surface area contributed by atoms with Crippen molar-refractivity contribution in [1.82, 2.24) is 4.98 Å². The fourth-order valence-electron chi connectivity index (χ4n) is 0.707. The van der Waals surface area contributed by atoms with Crippen molar-refractivity contribution in [2.24, 2.45) is 0 Å². The van der Waals surface area contributed by atoms with E-state index in [1.807, 2.05) is 6.07 Å². The molecular formula is C7H6BrCl2N. The van der Waals surface area contributed by atoms with Crippen LogP contribution in [-0.2, 0) is 6.42 Å². The maximum absolute atomic E-state index is 5.74. The van der Waals surface area contributed by atoms with Gasteiger partial charge >= 0.3 is 0 Å². The van der Waals surface area contributed by atoms with Gasteiger partial charge in [0.2, 0.25) is 0 Å². The maximum atomic E-state index is 5.74. The molecule has 1 aromatic rings. The maximum Gasteiger partial charge on any atom is 0.147 e. The van der Waals surface area contributed by atoms with Gasteiger partial charge in [0.1, 0.15) is 5.15 Å². The highest BCUT2D eigenvalue weighted by molar-refractivity contribution is 9.09. The fourth-order valence-corrected chi connectivity index (χ4v) is 1.46. The first-order valence-corrected chi connectivity index (χ1v) is 4.97. The van der Waals surface area contributed by atoms with Crippen LogP contribution in [-0.4, -0.2) is 10.3 Å². The summed E-state index contributed by atoms with van der Waals surface area (Å²) in [6.07, 6.45) is 2.65. The van der Waals surface area contributed by atoms with E-state index in [-0.39, 0.29) is 0 Å². The molecule has 1 aromatic heterocycles. The molecule has 0 aliphatic rings. The van der Waals surface area contributed by atoms with E-state index in [1.165, 1.54) is 0 Å². The number of alkyl halides is 1. The Labute approximate surface area is 83.9 Å². The molecule has 0 amide bonds. The number of aryl methyl sites for hydroxylation is 1. The van der Waals surface area contributed by atoms with Crippen molar-refractivity contribution in [3.8, 4) is 0 Å². The molecular weight excluding hydrogens is 249 g/mol. The summed E-state index contributed by atoms with van der Waals surface area (Å²) in [6, 6.07) is 1.83. The van der Waals surface area contributed by atoms with Crippen LogP contribution >= 0.6 is 39.1 Å². The van der Waals surface area contributed by atoms with Crippen LogP contribution < -0.4 is 0 Å². The quantitative estimate of drug-likeness (QED) is 0.583. The molecule has 11 heavy (non-hydrogen) atoms. The van der Waals surface area contributed by atoms with Crippen molar-refractivity contribution < 1.29 is 0 Å². The van der Waals surface area contributed by atoms with Gasteiger partial charge in [-0.3, -0.25) is 0 Å². The van der Waals surface area contributed by atoms with E-state index < -0.39 is 0 Å². The SMILES string of the molecule is Clc1cc(CCBr)cnc1Cl. The topological polar surface area (TPSA) is 12.9 Å². The van der Waals surface area contributed by atoms with Crippen molar-refractivity contribution >= 4 is 39.1 Å². The molecule has 0 fully saturated rings. The Morgan fingerprint density at radius 1 is 1.45 bits per heavy atom. The van der Waals surface area contributed by atoms with Crippen LogP contribution in [0, 0.1) is 0 Å². The largest absolute Gasteiger partial charge is 0.243 e. The second-order valence-electron chi connectivity index (χ2n) is 2.06. The van der Waals surface area contributed by atoms with E-state index in [0.717, 1.165) is 17.3 Å². The Bertz CT molecular complexity index is 252. The third-order valence-electron chi connectivity index (χ3n) is 1.24. The Morgan fingerprint density at radius 3 is 2.73 bits per heavy atom. The summed E-state index contributed by atoms with van der Waals surface area (Å²) in [7, 11) is 0. The zero-order valence-electron chi connectivity index (χ0n) is 5.65. The first kappa shape index (κ1) is 9.30. The average molecular weight is 255 g/mol. The zero-order valence-corrected chi connectivity index (χ0v) is 8.75. The molecule has 0 aliphatic carbocycles. The van der Waals surface area contributed by atoms with Gasteiger partial charge in [0.25, 0.3) is 0 Å². The van der Waals surface area contributed by atoms with Gasteiger partial charge in [0, 0.05) is 11.5 Å². The summed E-state index contributed by atoms with van der Waals surface area (Å²) >= 11 is 14.7. The Morgan fingerprint density at radius 2 is 2.18 bits per heavy atom. The van der Waals surface area contributed by atoms with Crippen LogP contribution in [0.3, 0.4) is 0 Å². The lowest BCUT2D eigenvalue weighted by Crippen LogP contribution is -1.87. The third kappa shape index (κ3) is 2.62. The number of hydrogen-bond donors (Lipinski definition) is 0. The predicted octanol–water partition coefficient (Wildman–Crippen LogP) is 3.33. The van der Waals surface area contributed by atoms with Gasteiger partial charge in [-0.15, -0.1) is 0 Å². The molecule has 0 saturated carbocycles. The van der Waals surface area contributed by atoms with Crippen LogP contribution in [0.2, 0.25) is 10.2 Å². The first-order chi connectivity index (χ1) is 5.24. The highest BCUT2D eigenvalue weighted by Gasteiger charge is 1.99. The summed E-state index contributed by atoms with van der Waals surface area (Å²) in [6.45, 7) is 0. The molecule has 1 rings (SSSR count). The summed E-state index contributed by atoms with van der Waals surface area (Å²) in [5, 5.41) is 1.79. The monoisotopic (exact) mass is 253 g/mol. The number of hydrogen-bond acceptors (Lipinski definition) is 1. The Kier molecular flexibility index (Phi) is 3.63. The van der Waals surface area contributed by atoms with Gasteiger partial charge < -0.3 is 0 Å². The van der Waals surface area contributed by atoms with Crippen LogP contribution in [0.15, 0.2) is 12.3 Å². The molecule has 0 aromatic carbocycles. The van der Waals surface area contributed by atoms with Gasteiger partial charge in [-0.1, -0.05) is 39.1 Å². The van der Waals surface area contributed by atoms with Gasteiger partial charge in [0.15, 0.2) is 0 Å². The standard InChI is InChI=1S/C7H6BrCl2N/c8-2-1-5-3-6(9)7(10)11-4-5/h3-4H,1-2H2. The second kappa shape index (κ2) is 4.29. The van der Waals surface area contributed by atoms with Crippen LogP contribution in [0.1, 0.15) is 5.56 Å². The molecule has 0 aliphatic heterocycles. The van der Waals surface area contributed by atoms with Gasteiger partial charge in [0.05, 0.1) is 5.02 Å². The number of aromatic nitrogens is 1. The minimum Gasteiger partial charge on any atom is -0.243 e. The molecule has 0 atom stereocenters. The molecule has 0 saturated heterocycles. The lowest BCUT2D eigenvalue weighted by Gasteiger charge is -1.98. The number of halogens is 3. The first-order valence-electron chi connectivity index (χ1n) is 3.10. The molecule has 0 radical (unpaired) electrons. The Hall–Kier alpha value is 0.210. The second-order valence-corrected chi connectivity index (χ2v) is 3.61. The van der Waals surface area contributed by atoms with Crippen molar-refractivity contribution in [3.05, 3.63) is 28.0 Å². The van der Waals surface area contributed by atoms with E-state index >= 15 is 0 Å². The van der Waals surface area contributed by atoms with Crippen molar-refractivity contribution in [1.29, 1.82) is 0 Å². The third-order valence-corrected chi connectivity index (χ3v) is 2.32. The highest BCUT2D eigenvalue weighted by Crippen LogP contribution is 2.19. The van der Waals surface area contributed by atoms with Gasteiger partial charge in [-0.25, -0.2) is 4.98 Å². The van der Waals surface area contributed by atoms with E-state index in [2.05, 4.69) is 20.9 Å². The predicted molar refractivity (Wildman–Crippen MR) is 51.8 cm³/mol. The van der Waals surface area contributed by atoms with Crippen molar-refractivity contribution in [3.63, 3.8) is 0 Å². The normalized spacial score (nSPS) is 10.1. The summed E-state index contributed by atoms with van der Waals surface area (Å²) in [5.41, 5.74) is 1.09. The summed E-state index contributed by atoms with van der Waals surface area (Å²) in [5.74, 6) is 0. The molecule has 4 heteroatoms. The minimum atomic E-state index is 0.366. The fraction of sp³-hybridized carbons (Fsp3) is 0.286. The van der Waals surface area contributed by atoms with Gasteiger partial charge in [-0.2, -0.15) is 0 Å². The summed E-state index contributed by atoms with van der Waals surface area (Å²) in [4.78, 5) is 3.91. The lowest BCUT2D eigenvalue weighted by molar-refractivity contribution is 1.13. The van der Waals surface area contributed by atoms with Gasteiger partial charge in [-0.05, 0) is 18.1 Å². The molecule has 60 valence electrons. The van der Waals surface area contributed by atoms with Crippen LogP contribution in [0.25, 0.3) is 0 Å². The number of rotatable bonds is 2. The number of nitrogens with zero attached hydrogens (tertiary/aromatic N) is 1. The summed E-state index contributed by atoms with van der Waals surface area (Å²) < 4.78 is 0. The van der Waals surface area contributed by atoms with Crippen LogP contribution in [0.5, 0.6) is 0 Å². The van der Waals surface area contributed by atoms with Crippen molar-refractivity contribution in [2.45, 2.75) is 6.42 Å². The van der Waals surface area contributed by atoms with E-state index in [9.17, 15) is 0 Å². The molecule has 0 bridgehead atoms. The molecule has 1 heterocycles. The number of pyridine rings is 1. The van der Waals surface area contributed by atoms with Crippen molar-refractivity contribution in [2.75, 3.05) is 5.33 Å². The van der Waals surface area contributed by atoms with E-state index in [0.29, 0.717) is 10.2 Å². The molecule has 1 nitrogen and oxygen atoms in total. The lowest BCUT2D eigenvalue weighted by atomic mass is 10.2. The Balaban J connectivity index is 2.86. The highest BCUT2D eigenvalue weighted by atomic mass is 79.9.